The summed E-state index contributed by atoms with van der Waals surface area (Å²) in [6, 6.07) is 1.81. The number of nitrogens with one attached hydrogen (secondary N) is 1. The molecule has 1 saturated heterocycles. The molecule has 1 atom stereocenters. The first kappa shape index (κ1) is 15.0. The zero-order chi connectivity index (χ0) is 14.4. The SMILES string of the molecule is CN1CCC(CNC(=O)c2csc(C#CCCO)c2)C1. The maximum atomic E-state index is 12.0. The average Bonchev–Trinajstić information content (AvgIpc) is 3.06. The van der Waals surface area contributed by atoms with Crippen LogP contribution in [0.25, 0.3) is 0 Å². The molecular weight excluding hydrogens is 272 g/mol. The summed E-state index contributed by atoms with van der Waals surface area (Å²) >= 11 is 1.46. The first-order chi connectivity index (χ1) is 9.69. The smallest absolute Gasteiger partial charge is 0.252 e. The van der Waals surface area contributed by atoms with E-state index in [9.17, 15) is 4.79 Å². The number of likely N-dealkylation sites (tertiary alicyclic amines) is 1. The fraction of sp³-hybridized carbons (Fsp3) is 0.533. The third-order valence-electron chi connectivity index (χ3n) is 3.35. The molecule has 1 aliphatic rings. The number of carbonyl (C=O) groups excluding carboxylic acids is 1. The van der Waals surface area contributed by atoms with Crippen LogP contribution in [-0.4, -0.2) is 49.2 Å². The monoisotopic (exact) mass is 292 g/mol. The Balaban J connectivity index is 1.82. The lowest BCUT2D eigenvalue weighted by molar-refractivity contribution is 0.0948. The van der Waals surface area contributed by atoms with E-state index in [-0.39, 0.29) is 12.5 Å². The summed E-state index contributed by atoms with van der Waals surface area (Å²) < 4.78 is 0. The molecule has 0 saturated carbocycles. The molecule has 1 aromatic rings. The van der Waals surface area contributed by atoms with Gasteiger partial charge < -0.3 is 15.3 Å². The number of rotatable bonds is 4. The van der Waals surface area contributed by atoms with Crippen LogP contribution < -0.4 is 5.32 Å². The van der Waals surface area contributed by atoms with E-state index < -0.39 is 0 Å². The zero-order valence-corrected chi connectivity index (χ0v) is 12.5. The lowest BCUT2D eigenvalue weighted by atomic mass is 10.1. The number of aliphatic hydroxyl groups is 1. The van der Waals surface area contributed by atoms with E-state index in [1.54, 1.807) is 0 Å². The number of thiophene rings is 1. The van der Waals surface area contributed by atoms with Gasteiger partial charge in [0.1, 0.15) is 0 Å². The number of carbonyl (C=O) groups is 1. The number of nitrogens with zero attached hydrogens (tertiary/aromatic N) is 1. The highest BCUT2D eigenvalue weighted by Gasteiger charge is 2.20. The molecule has 0 radical (unpaired) electrons. The van der Waals surface area contributed by atoms with Crippen LogP contribution in [0.3, 0.4) is 0 Å². The summed E-state index contributed by atoms with van der Waals surface area (Å²) in [5.41, 5.74) is 0.676. The molecule has 0 aromatic carbocycles. The third kappa shape index (κ3) is 4.34. The molecule has 2 rings (SSSR count). The van der Waals surface area contributed by atoms with E-state index in [0.29, 0.717) is 17.9 Å². The summed E-state index contributed by atoms with van der Waals surface area (Å²) in [7, 11) is 2.11. The number of aliphatic hydroxyl groups excluding tert-OH is 1. The van der Waals surface area contributed by atoms with Gasteiger partial charge >= 0.3 is 0 Å². The minimum Gasteiger partial charge on any atom is -0.395 e. The van der Waals surface area contributed by atoms with Crippen molar-refractivity contribution in [3.8, 4) is 11.8 Å². The van der Waals surface area contributed by atoms with Crippen LogP contribution in [0.1, 0.15) is 28.1 Å². The highest BCUT2D eigenvalue weighted by Crippen LogP contribution is 2.15. The quantitative estimate of drug-likeness (QED) is 0.819. The molecule has 20 heavy (non-hydrogen) atoms. The lowest BCUT2D eigenvalue weighted by Gasteiger charge is -2.11. The van der Waals surface area contributed by atoms with Gasteiger partial charge in [0.25, 0.3) is 5.91 Å². The van der Waals surface area contributed by atoms with Crippen LogP contribution in [-0.2, 0) is 0 Å². The molecule has 108 valence electrons. The lowest BCUT2D eigenvalue weighted by Crippen LogP contribution is -2.30. The molecule has 1 aliphatic heterocycles. The van der Waals surface area contributed by atoms with E-state index in [0.717, 1.165) is 30.9 Å². The molecule has 2 N–H and O–H groups in total. The maximum absolute atomic E-state index is 12.0. The summed E-state index contributed by atoms with van der Waals surface area (Å²) in [4.78, 5) is 15.2. The molecule has 1 aromatic heterocycles. The summed E-state index contributed by atoms with van der Waals surface area (Å²) in [5.74, 6) is 6.34. The summed E-state index contributed by atoms with van der Waals surface area (Å²) in [5, 5.41) is 13.5. The van der Waals surface area contributed by atoms with Crippen LogP contribution in [0.5, 0.6) is 0 Å². The van der Waals surface area contributed by atoms with Crippen LogP contribution in [0, 0.1) is 17.8 Å². The van der Waals surface area contributed by atoms with Gasteiger partial charge in [0.2, 0.25) is 0 Å². The van der Waals surface area contributed by atoms with E-state index in [4.69, 9.17) is 5.11 Å². The Bertz CT molecular complexity index is 515. The fourth-order valence-electron chi connectivity index (χ4n) is 2.26. The van der Waals surface area contributed by atoms with Gasteiger partial charge in [-0.1, -0.05) is 11.8 Å². The predicted molar refractivity (Wildman–Crippen MR) is 80.8 cm³/mol. The van der Waals surface area contributed by atoms with E-state index in [1.165, 1.54) is 11.3 Å². The van der Waals surface area contributed by atoms with Gasteiger partial charge in [-0.15, -0.1) is 11.3 Å². The molecule has 1 amide bonds. The van der Waals surface area contributed by atoms with Crippen molar-refractivity contribution in [1.82, 2.24) is 10.2 Å². The molecule has 2 heterocycles. The first-order valence-corrected chi connectivity index (χ1v) is 7.72. The van der Waals surface area contributed by atoms with Gasteiger partial charge in [0.05, 0.1) is 17.0 Å². The Morgan fingerprint density at radius 2 is 2.50 bits per heavy atom. The maximum Gasteiger partial charge on any atom is 0.252 e. The largest absolute Gasteiger partial charge is 0.395 e. The van der Waals surface area contributed by atoms with Gasteiger partial charge in [0, 0.05) is 24.9 Å². The van der Waals surface area contributed by atoms with Crippen LogP contribution >= 0.6 is 11.3 Å². The van der Waals surface area contributed by atoms with E-state index in [2.05, 4.69) is 29.1 Å². The number of hydrogen-bond donors (Lipinski definition) is 2. The second-order valence-electron chi connectivity index (χ2n) is 5.10. The normalized spacial score (nSPS) is 18.6. The Labute approximate surface area is 123 Å². The van der Waals surface area contributed by atoms with Gasteiger partial charge in [-0.3, -0.25) is 4.79 Å². The molecule has 0 aliphatic carbocycles. The fourth-order valence-corrected chi connectivity index (χ4v) is 3.01. The molecule has 1 fully saturated rings. The molecule has 0 bridgehead atoms. The third-order valence-corrected chi connectivity index (χ3v) is 4.20. The highest BCUT2D eigenvalue weighted by atomic mass is 32.1. The topological polar surface area (TPSA) is 52.6 Å². The van der Waals surface area contributed by atoms with Crippen molar-refractivity contribution < 1.29 is 9.90 Å². The number of hydrogen-bond acceptors (Lipinski definition) is 4. The Kier molecular flexibility index (Phi) is 5.60. The summed E-state index contributed by atoms with van der Waals surface area (Å²) in [6.45, 7) is 2.98. The second-order valence-corrected chi connectivity index (χ2v) is 6.01. The van der Waals surface area contributed by atoms with Crippen molar-refractivity contribution in [3.63, 3.8) is 0 Å². The van der Waals surface area contributed by atoms with Crippen molar-refractivity contribution in [2.24, 2.45) is 5.92 Å². The van der Waals surface area contributed by atoms with Gasteiger partial charge in [-0.05, 0) is 32.0 Å². The van der Waals surface area contributed by atoms with Crippen LogP contribution in [0.15, 0.2) is 11.4 Å². The van der Waals surface area contributed by atoms with Gasteiger partial charge in [0.15, 0.2) is 0 Å². The van der Waals surface area contributed by atoms with Crippen molar-refractivity contribution in [2.45, 2.75) is 12.8 Å². The number of amides is 1. The summed E-state index contributed by atoms with van der Waals surface area (Å²) in [6.07, 6.45) is 1.62. The predicted octanol–water partition coefficient (Wildman–Crippen LogP) is 1.16. The standard InChI is InChI=1S/C15H20N2O2S/c1-17-6-5-12(10-17)9-16-15(19)13-8-14(20-11-13)4-2-3-7-18/h8,11-12,18H,3,5-7,9-10H2,1H3,(H,16,19). The minimum absolute atomic E-state index is 0.0222. The molecule has 1 unspecified atom stereocenters. The van der Waals surface area contributed by atoms with Crippen LogP contribution in [0.2, 0.25) is 0 Å². The van der Waals surface area contributed by atoms with Crippen molar-refractivity contribution in [2.75, 3.05) is 33.3 Å². The molecule has 4 nitrogen and oxygen atoms in total. The van der Waals surface area contributed by atoms with Crippen molar-refractivity contribution in [3.05, 3.63) is 21.9 Å². The van der Waals surface area contributed by atoms with Crippen molar-refractivity contribution in [1.29, 1.82) is 0 Å². The molecular formula is C15H20N2O2S. The highest BCUT2D eigenvalue weighted by molar-refractivity contribution is 7.10. The minimum atomic E-state index is -0.0222. The molecule has 0 spiro atoms. The van der Waals surface area contributed by atoms with E-state index in [1.807, 2.05) is 11.4 Å². The molecule has 5 heteroatoms. The van der Waals surface area contributed by atoms with Crippen molar-refractivity contribution >= 4 is 17.2 Å². The van der Waals surface area contributed by atoms with Gasteiger partial charge in [-0.2, -0.15) is 0 Å². The average molecular weight is 292 g/mol. The van der Waals surface area contributed by atoms with Crippen LogP contribution in [0.4, 0.5) is 0 Å². The Hall–Kier alpha value is -1.35. The second kappa shape index (κ2) is 7.44. The Morgan fingerprint density at radius 1 is 1.65 bits per heavy atom. The van der Waals surface area contributed by atoms with Gasteiger partial charge in [-0.25, -0.2) is 0 Å². The zero-order valence-electron chi connectivity index (χ0n) is 11.7. The first-order valence-electron chi connectivity index (χ1n) is 6.84. The Morgan fingerprint density at radius 3 is 3.20 bits per heavy atom. The van der Waals surface area contributed by atoms with E-state index >= 15 is 0 Å².